The molecule has 0 aromatic heterocycles. The molecule has 1 aliphatic rings. The van der Waals surface area contributed by atoms with Crippen LogP contribution in [0, 0.1) is 5.92 Å². The summed E-state index contributed by atoms with van der Waals surface area (Å²) in [5.74, 6) is 1.00. The fourth-order valence-corrected chi connectivity index (χ4v) is 3.48. The Hall–Kier alpha value is -3.02. The van der Waals surface area contributed by atoms with E-state index < -0.39 is 0 Å². The van der Waals surface area contributed by atoms with Crippen molar-refractivity contribution >= 4 is 17.5 Å². The molecular formula is C22H26N2O4. The number of ether oxygens (including phenoxy) is 2. The second kappa shape index (κ2) is 8.78. The Labute approximate surface area is 165 Å². The van der Waals surface area contributed by atoms with E-state index in [-0.39, 0.29) is 24.2 Å². The van der Waals surface area contributed by atoms with Gasteiger partial charge in [-0.15, -0.1) is 0 Å². The summed E-state index contributed by atoms with van der Waals surface area (Å²) in [4.78, 5) is 28.7. The fourth-order valence-electron chi connectivity index (χ4n) is 3.48. The highest BCUT2D eigenvalue weighted by atomic mass is 16.5. The van der Waals surface area contributed by atoms with E-state index in [1.807, 2.05) is 55.5 Å². The first kappa shape index (κ1) is 19.7. The van der Waals surface area contributed by atoms with Crippen molar-refractivity contribution in [1.82, 2.24) is 4.90 Å². The van der Waals surface area contributed by atoms with Gasteiger partial charge in [-0.3, -0.25) is 9.59 Å². The van der Waals surface area contributed by atoms with Crippen LogP contribution in [-0.2, 0) is 16.1 Å². The standard InChI is InChI=1S/C22H26N2O4/c1-4-28-18-11-9-16(10-12-18)14-23(2)22(26)17-13-21(25)24(15-17)19-7-5-6-8-20(19)27-3/h5-12,17H,4,13-15H2,1-3H3. The maximum Gasteiger partial charge on any atom is 0.228 e. The normalized spacial score (nSPS) is 16.2. The highest BCUT2D eigenvalue weighted by Gasteiger charge is 2.37. The van der Waals surface area contributed by atoms with E-state index in [2.05, 4.69) is 0 Å². The van der Waals surface area contributed by atoms with Crippen molar-refractivity contribution in [1.29, 1.82) is 0 Å². The third kappa shape index (κ3) is 4.27. The molecule has 0 radical (unpaired) electrons. The maximum absolute atomic E-state index is 12.9. The summed E-state index contributed by atoms with van der Waals surface area (Å²) in [5, 5.41) is 0. The molecule has 0 bridgehead atoms. The molecule has 2 aromatic carbocycles. The predicted molar refractivity (Wildman–Crippen MR) is 108 cm³/mol. The van der Waals surface area contributed by atoms with Crippen LogP contribution in [0.3, 0.4) is 0 Å². The van der Waals surface area contributed by atoms with Crippen molar-refractivity contribution in [2.45, 2.75) is 19.9 Å². The molecule has 1 atom stereocenters. The Morgan fingerprint density at radius 3 is 2.57 bits per heavy atom. The lowest BCUT2D eigenvalue weighted by atomic mass is 10.1. The van der Waals surface area contributed by atoms with Gasteiger partial charge >= 0.3 is 0 Å². The third-order valence-corrected chi connectivity index (χ3v) is 4.88. The summed E-state index contributed by atoms with van der Waals surface area (Å²) >= 11 is 0. The second-order valence-electron chi connectivity index (χ2n) is 6.85. The molecule has 1 saturated heterocycles. The molecule has 2 amide bonds. The van der Waals surface area contributed by atoms with Crippen LogP contribution in [0.2, 0.25) is 0 Å². The average molecular weight is 382 g/mol. The number of anilines is 1. The lowest BCUT2D eigenvalue weighted by molar-refractivity contribution is -0.135. The van der Waals surface area contributed by atoms with Gasteiger partial charge in [-0.05, 0) is 36.8 Å². The third-order valence-electron chi connectivity index (χ3n) is 4.88. The van der Waals surface area contributed by atoms with E-state index in [9.17, 15) is 9.59 Å². The Morgan fingerprint density at radius 1 is 1.18 bits per heavy atom. The summed E-state index contributed by atoms with van der Waals surface area (Å²) in [5.41, 5.74) is 1.73. The second-order valence-corrected chi connectivity index (χ2v) is 6.85. The quantitative estimate of drug-likeness (QED) is 0.738. The highest BCUT2D eigenvalue weighted by molar-refractivity contribution is 6.01. The summed E-state index contributed by atoms with van der Waals surface area (Å²) in [6.45, 7) is 3.42. The van der Waals surface area contributed by atoms with Gasteiger partial charge in [0.15, 0.2) is 0 Å². The minimum atomic E-state index is -0.356. The van der Waals surface area contributed by atoms with Gasteiger partial charge in [0, 0.05) is 26.6 Å². The minimum Gasteiger partial charge on any atom is -0.495 e. The van der Waals surface area contributed by atoms with Gasteiger partial charge in [0.25, 0.3) is 0 Å². The zero-order valence-electron chi connectivity index (χ0n) is 16.6. The summed E-state index contributed by atoms with van der Waals surface area (Å²) in [7, 11) is 3.35. The molecule has 6 nitrogen and oxygen atoms in total. The number of nitrogens with zero attached hydrogens (tertiary/aromatic N) is 2. The van der Waals surface area contributed by atoms with Crippen molar-refractivity contribution in [2.75, 3.05) is 32.2 Å². The highest BCUT2D eigenvalue weighted by Crippen LogP contribution is 2.33. The topological polar surface area (TPSA) is 59.1 Å². The van der Waals surface area contributed by atoms with Gasteiger partial charge in [-0.25, -0.2) is 0 Å². The molecule has 28 heavy (non-hydrogen) atoms. The number of benzene rings is 2. The number of para-hydroxylation sites is 2. The largest absolute Gasteiger partial charge is 0.495 e. The Bertz CT molecular complexity index is 835. The van der Waals surface area contributed by atoms with Crippen LogP contribution in [0.25, 0.3) is 0 Å². The first-order valence-corrected chi connectivity index (χ1v) is 9.43. The number of hydrogen-bond donors (Lipinski definition) is 0. The molecule has 3 rings (SSSR count). The van der Waals surface area contributed by atoms with Crippen molar-refractivity contribution in [2.24, 2.45) is 5.92 Å². The van der Waals surface area contributed by atoms with E-state index in [0.29, 0.717) is 31.1 Å². The molecule has 0 N–H and O–H groups in total. The molecule has 1 fully saturated rings. The lowest BCUT2D eigenvalue weighted by Crippen LogP contribution is -2.34. The fraction of sp³-hybridized carbons (Fsp3) is 0.364. The van der Waals surface area contributed by atoms with Crippen LogP contribution in [0.15, 0.2) is 48.5 Å². The predicted octanol–water partition coefficient (Wildman–Crippen LogP) is 3.11. The number of amides is 2. The lowest BCUT2D eigenvalue weighted by Gasteiger charge is -2.22. The number of carbonyl (C=O) groups is 2. The van der Waals surface area contributed by atoms with Crippen LogP contribution in [0.5, 0.6) is 11.5 Å². The van der Waals surface area contributed by atoms with Crippen molar-refractivity contribution in [3.05, 3.63) is 54.1 Å². The maximum atomic E-state index is 12.9. The first-order valence-electron chi connectivity index (χ1n) is 9.43. The van der Waals surface area contributed by atoms with E-state index in [0.717, 1.165) is 11.3 Å². The monoisotopic (exact) mass is 382 g/mol. The van der Waals surface area contributed by atoms with Crippen molar-refractivity contribution < 1.29 is 19.1 Å². The molecule has 0 saturated carbocycles. The summed E-state index contributed by atoms with van der Waals surface area (Å²) in [6.07, 6.45) is 0.213. The van der Waals surface area contributed by atoms with Crippen LogP contribution >= 0.6 is 0 Å². The molecule has 0 aliphatic carbocycles. The van der Waals surface area contributed by atoms with Gasteiger partial charge in [-0.1, -0.05) is 24.3 Å². The Kier molecular flexibility index (Phi) is 6.19. The number of carbonyl (C=O) groups excluding carboxylic acids is 2. The molecule has 148 valence electrons. The van der Waals surface area contributed by atoms with Gasteiger partial charge in [0.05, 0.1) is 25.3 Å². The van der Waals surface area contributed by atoms with Crippen molar-refractivity contribution in [3.63, 3.8) is 0 Å². The number of hydrogen-bond acceptors (Lipinski definition) is 4. The van der Waals surface area contributed by atoms with Gasteiger partial charge in [0.2, 0.25) is 11.8 Å². The van der Waals surface area contributed by atoms with Crippen LogP contribution in [0.1, 0.15) is 18.9 Å². The number of rotatable bonds is 7. The van der Waals surface area contributed by atoms with Crippen LogP contribution < -0.4 is 14.4 Å². The molecule has 6 heteroatoms. The van der Waals surface area contributed by atoms with Gasteiger partial charge in [-0.2, -0.15) is 0 Å². The smallest absolute Gasteiger partial charge is 0.228 e. The summed E-state index contributed by atoms with van der Waals surface area (Å²) < 4.78 is 10.8. The minimum absolute atomic E-state index is 0.0281. The molecule has 0 spiro atoms. The average Bonchev–Trinajstić information content (AvgIpc) is 3.10. The number of methoxy groups -OCH3 is 1. The van der Waals surface area contributed by atoms with Crippen LogP contribution in [-0.4, -0.2) is 44.0 Å². The van der Waals surface area contributed by atoms with Crippen molar-refractivity contribution in [3.8, 4) is 11.5 Å². The Morgan fingerprint density at radius 2 is 1.89 bits per heavy atom. The SMILES string of the molecule is CCOc1ccc(CN(C)C(=O)C2CC(=O)N(c3ccccc3OC)C2)cc1. The molecule has 2 aromatic rings. The zero-order chi connectivity index (χ0) is 20.1. The zero-order valence-corrected chi connectivity index (χ0v) is 16.6. The molecule has 1 unspecified atom stereocenters. The molecule has 1 heterocycles. The van der Waals surface area contributed by atoms with E-state index in [1.165, 1.54) is 0 Å². The van der Waals surface area contributed by atoms with Crippen LogP contribution in [0.4, 0.5) is 5.69 Å². The summed E-state index contributed by atoms with van der Waals surface area (Å²) in [6, 6.07) is 15.1. The van der Waals surface area contributed by atoms with E-state index >= 15 is 0 Å². The van der Waals surface area contributed by atoms with Gasteiger partial charge in [0.1, 0.15) is 11.5 Å². The first-order chi connectivity index (χ1) is 13.5. The Balaban J connectivity index is 1.65. The van der Waals surface area contributed by atoms with E-state index in [4.69, 9.17) is 9.47 Å². The van der Waals surface area contributed by atoms with Gasteiger partial charge < -0.3 is 19.3 Å². The molecule has 1 aliphatic heterocycles. The van der Waals surface area contributed by atoms with E-state index in [1.54, 1.807) is 24.0 Å². The molecular weight excluding hydrogens is 356 g/mol.